The van der Waals surface area contributed by atoms with Crippen molar-refractivity contribution in [2.24, 2.45) is 0 Å². The van der Waals surface area contributed by atoms with Gasteiger partial charge in [-0.2, -0.15) is 5.26 Å². The highest BCUT2D eigenvalue weighted by atomic mass is 35.5. The van der Waals surface area contributed by atoms with Crippen molar-refractivity contribution in [1.82, 2.24) is 0 Å². The molecule has 0 aliphatic carbocycles. The van der Waals surface area contributed by atoms with Gasteiger partial charge < -0.3 is 10.5 Å². The van der Waals surface area contributed by atoms with E-state index in [1.54, 1.807) is 24.3 Å². The van der Waals surface area contributed by atoms with Crippen molar-refractivity contribution in [1.29, 1.82) is 5.26 Å². The van der Waals surface area contributed by atoms with Gasteiger partial charge in [0.25, 0.3) is 0 Å². The van der Waals surface area contributed by atoms with E-state index >= 15 is 0 Å². The summed E-state index contributed by atoms with van der Waals surface area (Å²) in [6.45, 7) is 1.89. The molecule has 2 aromatic carbocycles. The number of para-hydroxylation sites is 1. The highest BCUT2D eigenvalue weighted by molar-refractivity contribution is 6.30. The van der Waals surface area contributed by atoms with E-state index in [0.717, 1.165) is 5.56 Å². The number of ether oxygens (including phenoxy) is 1. The second-order valence-electron chi connectivity index (χ2n) is 3.84. The van der Waals surface area contributed by atoms with Gasteiger partial charge in [0, 0.05) is 11.1 Å². The summed E-state index contributed by atoms with van der Waals surface area (Å²) in [6.07, 6.45) is 0. The summed E-state index contributed by atoms with van der Waals surface area (Å²) in [7, 11) is 0. The quantitative estimate of drug-likeness (QED) is 0.831. The minimum Gasteiger partial charge on any atom is -0.454 e. The molecule has 0 heterocycles. The second kappa shape index (κ2) is 4.99. The molecule has 0 amide bonds. The number of aryl methyl sites for hydroxylation is 1. The molecule has 2 aromatic rings. The molecule has 0 aromatic heterocycles. The van der Waals surface area contributed by atoms with Gasteiger partial charge in [-0.1, -0.05) is 23.7 Å². The molecule has 4 heteroatoms. The van der Waals surface area contributed by atoms with E-state index in [9.17, 15) is 0 Å². The largest absolute Gasteiger partial charge is 0.454 e. The predicted molar refractivity (Wildman–Crippen MR) is 71.8 cm³/mol. The number of anilines is 1. The summed E-state index contributed by atoms with van der Waals surface area (Å²) in [5.41, 5.74) is 7.82. The highest BCUT2D eigenvalue weighted by Gasteiger charge is 2.08. The molecule has 3 nitrogen and oxygen atoms in total. The van der Waals surface area contributed by atoms with Crippen molar-refractivity contribution in [3.8, 4) is 17.6 Å². The van der Waals surface area contributed by atoms with E-state index in [-0.39, 0.29) is 0 Å². The summed E-state index contributed by atoms with van der Waals surface area (Å²) in [5.74, 6) is 0.927. The van der Waals surface area contributed by atoms with Crippen molar-refractivity contribution in [2.75, 3.05) is 5.73 Å². The molecule has 90 valence electrons. The smallest absolute Gasteiger partial charge is 0.150 e. The summed E-state index contributed by atoms with van der Waals surface area (Å²) in [4.78, 5) is 0. The number of nitrogens with zero attached hydrogens (tertiary/aromatic N) is 1. The summed E-state index contributed by atoms with van der Waals surface area (Å²) >= 11 is 5.89. The molecule has 0 aliphatic rings. The average Bonchev–Trinajstić information content (AvgIpc) is 2.35. The van der Waals surface area contributed by atoms with Gasteiger partial charge in [-0.05, 0) is 30.7 Å². The molecule has 0 atom stereocenters. The zero-order chi connectivity index (χ0) is 13.1. The molecule has 0 bridgehead atoms. The van der Waals surface area contributed by atoms with Crippen LogP contribution in [0.4, 0.5) is 5.69 Å². The Morgan fingerprint density at radius 1 is 1.22 bits per heavy atom. The Labute approximate surface area is 110 Å². The standard InChI is InChI=1S/C14H11ClN2O/c1-9-3-2-4-12(14(9)17)18-13-7-11(15)6-5-10(13)8-16/h2-7H,17H2,1H3. The lowest BCUT2D eigenvalue weighted by Gasteiger charge is -2.11. The molecule has 2 rings (SSSR count). The third-order valence-electron chi connectivity index (χ3n) is 2.57. The van der Waals surface area contributed by atoms with Crippen LogP contribution in [0.3, 0.4) is 0 Å². The lowest BCUT2D eigenvalue weighted by molar-refractivity contribution is 0.483. The van der Waals surface area contributed by atoms with Crippen molar-refractivity contribution >= 4 is 17.3 Å². The van der Waals surface area contributed by atoms with Gasteiger partial charge in [0.15, 0.2) is 5.75 Å². The molecular formula is C14H11ClN2O. The average molecular weight is 259 g/mol. The molecule has 0 saturated heterocycles. The Balaban J connectivity index is 2.43. The van der Waals surface area contributed by atoms with Crippen LogP contribution in [0.2, 0.25) is 5.02 Å². The van der Waals surface area contributed by atoms with Crippen LogP contribution in [-0.2, 0) is 0 Å². The van der Waals surface area contributed by atoms with Crippen LogP contribution in [0.1, 0.15) is 11.1 Å². The lowest BCUT2D eigenvalue weighted by Crippen LogP contribution is -1.95. The number of benzene rings is 2. The molecule has 0 aliphatic heterocycles. The van der Waals surface area contributed by atoms with Crippen LogP contribution in [0.15, 0.2) is 36.4 Å². The molecule has 0 fully saturated rings. The van der Waals surface area contributed by atoms with Gasteiger partial charge in [0.1, 0.15) is 11.8 Å². The fourth-order valence-electron chi connectivity index (χ4n) is 1.53. The number of rotatable bonds is 2. The zero-order valence-electron chi connectivity index (χ0n) is 9.77. The molecular weight excluding hydrogens is 248 g/mol. The Bertz CT molecular complexity index is 632. The third-order valence-corrected chi connectivity index (χ3v) is 2.80. The summed E-state index contributed by atoms with van der Waals surface area (Å²) < 4.78 is 5.66. The summed E-state index contributed by atoms with van der Waals surface area (Å²) in [5, 5.41) is 9.52. The number of halogens is 1. The molecule has 0 spiro atoms. The van der Waals surface area contributed by atoms with Crippen molar-refractivity contribution < 1.29 is 4.74 Å². The number of hydrogen-bond acceptors (Lipinski definition) is 3. The van der Waals surface area contributed by atoms with E-state index in [1.165, 1.54) is 0 Å². The van der Waals surface area contributed by atoms with Gasteiger partial charge in [0.2, 0.25) is 0 Å². The molecule has 18 heavy (non-hydrogen) atoms. The predicted octanol–water partition coefficient (Wildman–Crippen LogP) is 3.89. The highest BCUT2D eigenvalue weighted by Crippen LogP contribution is 2.32. The Morgan fingerprint density at radius 3 is 2.72 bits per heavy atom. The normalized spacial score (nSPS) is 9.83. The van der Waals surface area contributed by atoms with E-state index < -0.39 is 0 Å². The second-order valence-corrected chi connectivity index (χ2v) is 4.28. The summed E-state index contributed by atoms with van der Waals surface area (Å²) in [6, 6.07) is 12.4. The van der Waals surface area contributed by atoms with Crippen LogP contribution in [-0.4, -0.2) is 0 Å². The zero-order valence-corrected chi connectivity index (χ0v) is 10.5. The first-order valence-corrected chi connectivity index (χ1v) is 5.72. The first kappa shape index (κ1) is 12.3. The molecule has 0 saturated carbocycles. The van der Waals surface area contributed by atoms with Gasteiger partial charge in [-0.15, -0.1) is 0 Å². The topological polar surface area (TPSA) is 59.0 Å². The third kappa shape index (κ3) is 2.39. The lowest BCUT2D eigenvalue weighted by atomic mass is 10.2. The minimum absolute atomic E-state index is 0.405. The molecule has 0 unspecified atom stereocenters. The molecule has 2 N–H and O–H groups in total. The van der Waals surface area contributed by atoms with E-state index in [2.05, 4.69) is 6.07 Å². The van der Waals surface area contributed by atoms with Crippen LogP contribution in [0.5, 0.6) is 11.5 Å². The van der Waals surface area contributed by atoms with Gasteiger partial charge in [-0.25, -0.2) is 0 Å². The Kier molecular flexibility index (Phi) is 3.40. The van der Waals surface area contributed by atoms with E-state index in [0.29, 0.717) is 27.8 Å². The maximum atomic E-state index is 9.01. The maximum absolute atomic E-state index is 9.01. The van der Waals surface area contributed by atoms with Crippen molar-refractivity contribution in [2.45, 2.75) is 6.92 Å². The van der Waals surface area contributed by atoms with Crippen LogP contribution < -0.4 is 10.5 Å². The Hall–Kier alpha value is -2.18. The first-order chi connectivity index (χ1) is 8.61. The monoisotopic (exact) mass is 258 g/mol. The number of nitrogens with two attached hydrogens (primary N) is 1. The molecule has 0 radical (unpaired) electrons. The van der Waals surface area contributed by atoms with Crippen LogP contribution >= 0.6 is 11.6 Å². The van der Waals surface area contributed by atoms with Crippen molar-refractivity contribution in [3.63, 3.8) is 0 Å². The number of nitriles is 1. The fraction of sp³-hybridized carbons (Fsp3) is 0.0714. The van der Waals surface area contributed by atoms with Crippen LogP contribution in [0.25, 0.3) is 0 Å². The van der Waals surface area contributed by atoms with Crippen LogP contribution in [0, 0.1) is 18.3 Å². The number of hydrogen-bond donors (Lipinski definition) is 1. The van der Waals surface area contributed by atoms with Gasteiger partial charge in [0.05, 0.1) is 11.3 Å². The van der Waals surface area contributed by atoms with Gasteiger partial charge in [-0.3, -0.25) is 0 Å². The van der Waals surface area contributed by atoms with E-state index in [4.69, 9.17) is 27.3 Å². The fourth-order valence-corrected chi connectivity index (χ4v) is 1.70. The van der Waals surface area contributed by atoms with Gasteiger partial charge >= 0.3 is 0 Å². The maximum Gasteiger partial charge on any atom is 0.150 e. The van der Waals surface area contributed by atoms with Crippen molar-refractivity contribution in [3.05, 3.63) is 52.5 Å². The number of nitrogen functional groups attached to an aromatic ring is 1. The minimum atomic E-state index is 0.405. The van der Waals surface area contributed by atoms with E-state index in [1.807, 2.05) is 19.1 Å². The Morgan fingerprint density at radius 2 is 2.00 bits per heavy atom. The SMILES string of the molecule is Cc1cccc(Oc2cc(Cl)ccc2C#N)c1N. The first-order valence-electron chi connectivity index (χ1n) is 5.34.